The van der Waals surface area contributed by atoms with E-state index in [1.807, 2.05) is 0 Å². The zero-order chi connectivity index (χ0) is 12.3. The van der Waals surface area contributed by atoms with Crippen LogP contribution in [-0.2, 0) is 9.53 Å². The Hall–Kier alpha value is -0.610. The lowest BCUT2D eigenvalue weighted by molar-refractivity contribution is -0.133. The molecule has 17 heavy (non-hydrogen) atoms. The Morgan fingerprint density at radius 2 is 2.12 bits per heavy atom. The Labute approximate surface area is 103 Å². The van der Waals surface area contributed by atoms with Crippen LogP contribution in [0, 0.1) is 11.3 Å². The highest BCUT2D eigenvalue weighted by Gasteiger charge is 2.40. The van der Waals surface area contributed by atoms with Crippen LogP contribution in [0.15, 0.2) is 0 Å². The molecule has 4 nitrogen and oxygen atoms in total. The molecule has 2 rings (SSSR count). The maximum Gasteiger partial charge on any atom is 0.227 e. The molecule has 1 aliphatic heterocycles. The second kappa shape index (κ2) is 5.36. The molecular weight excluding hydrogens is 216 g/mol. The molecule has 1 unspecified atom stereocenters. The predicted molar refractivity (Wildman–Crippen MR) is 66.5 cm³/mol. The average molecular weight is 240 g/mol. The average Bonchev–Trinajstić information content (AvgIpc) is 2.83. The van der Waals surface area contributed by atoms with Crippen molar-refractivity contribution in [1.82, 2.24) is 5.32 Å². The van der Waals surface area contributed by atoms with Crippen LogP contribution in [0.5, 0.6) is 0 Å². The molecule has 0 aromatic carbocycles. The molecule has 2 aliphatic rings. The Kier molecular flexibility index (Phi) is 4.05. The molecule has 0 bridgehead atoms. The van der Waals surface area contributed by atoms with E-state index in [9.17, 15) is 4.79 Å². The van der Waals surface area contributed by atoms with Gasteiger partial charge in [0.05, 0.1) is 18.1 Å². The third kappa shape index (κ3) is 2.80. The lowest BCUT2D eigenvalue weighted by Gasteiger charge is -2.37. The minimum absolute atomic E-state index is 0.155. The largest absolute Gasteiger partial charge is 0.379 e. The van der Waals surface area contributed by atoms with Crippen molar-refractivity contribution in [3.05, 3.63) is 0 Å². The predicted octanol–water partition coefficient (Wildman–Crippen LogP) is 1.05. The molecule has 2 fully saturated rings. The summed E-state index contributed by atoms with van der Waals surface area (Å²) in [4.78, 5) is 12.4. The molecule has 1 amide bonds. The number of hydrogen-bond acceptors (Lipinski definition) is 3. The first-order valence-electron chi connectivity index (χ1n) is 6.75. The van der Waals surface area contributed by atoms with E-state index in [4.69, 9.17) is 10.5 Å². The summed E-state index contributed by atoms with van der Waals surface area (Å²) in [5, 5.41) is 3.11. The molecule has 1 saturated heterocycles. The SMILES string of the molecule is CC1CCC(CN)(C(=O)NC2CCOC2)CC1. The number of hydrogen-bond donors (Lipinski definition) is 2. The maximum absolute atomic E-state index is 12.4. The van der Waals surface area contributed by atoms with Crippen LogP contribution in [0.4, 0.5) is 0 Å². The fourth-order valence-corrected chi connectivity index (χ4v) is 2.83. The summed E-state index contributed by atoms with van der Waals surface area (Å²) in [5.74, 6) is 0.889. The van der Waals surface area contributed by atoms with E-state index in [1.54, 1.807) is 0 Å². The number of carbonyl (C=O) groups excluding carboxylic acids is 1. The van der Waals surface area contributed by atoms with Crippen molar-refractivity contribution < 1.29 is 9.53 Å². The van der Waals surface area contributed by atoms with Crippen LogP contribution in [0.3, 0.4) is 0 Å². The Bertz CT molecular complexity index is 267. The molecule has 1 aliphatic carbocycles. The van der Waals surface area contributed by atoms with Crippen LogP contribution in [0.2, 0.25) is 0 Å². The number of nitrogens with one attached hydrogen (secondary N) is 1. The standard InChI is InChI=1S/C13H24N2O2/c1-10-2-5-13(9-14,6-3-10)12(16)15-11-4-7-17-8-11/h10-11H,2-9,14H2,1H3,(H,15,16). The van der Waals surface area contributed by atoms with Crippen LogP contribution < -0.4 is 11.1 Å². The quantitative estimate of drug-likeness (QED) is 0.775. The fourth-order valence-electron chi connectivity index (χ4n) is 2.83. The number of amides is 1. The van der Waals surface area contributed by atoms with Crippen LogP contribution in [-0.4, -0.2) is 31.7 Å². The van der Waals surface area contributed by atoms with Gasteiger partial charge in [0.15, 0.2) is 0 Å². The smallest absolute Gasteiger partial charge is 0.227 e. The first-order chi connectivity index (χ1) is 8.16. The van der Waals surface area contributed by atoms with Gasteiger partial charge in [0.25, 0.3) is 0 Å². The highest BCUT2D eigenvalue weighted by atomic mass is 16.5. The number of ether oxygens (including phenoxy) is 1. The van der Waals surface area contributed by atoms with Gasteiger partial charge in [0, 0.05) is 13.2 Å². The first kappa shape index (κ1) is 12.8. The van der Waals surface area contributed by atoms with E-state index in [-0.39, 0.29) is 17.4 Å². The van der Waals surface area contributed by atoms with Gasteiger partial charge in [-0.3, -0.25) is 4.79 Å². The van der Waals surface area contributed by atoms with E-state index in [1.165, 1.54) is 0 Å². The Morgan fingerprint density at radius 3 is 2.65 bits per heavy atom. The fraction of sp³-hybridized carbons (Fsp3) is 0.923. The lowest BCUT2D eigenvalue weighted by atomic mass is 9.70. The normalized spacial score (nSPS) is 38.0. The summed E-state index contributed by atoms with van der Waals surface area (Å²) in [7, 11) is 0. The first-order valence-corrected chi connectivity index (χ1v) is 6.75. The summed E-state index contributed by atoms with van der Waals surface area (Å²) in [5.41, 5.74) is 5.56. The van der Waals surface area contributed by atoms with Gasteiger partial charge < -0.3 is 15.8 Å². The van der Waals surface area contributed by atoms with E-state index in [0.717, 1.165) is 44.6 Å². The van der Waals surface area contributed by atoms with E-state index in [0.29, 0.717) is 13.2 Å². The van der Waals surface area contributed by atoms with Crippen LogP contribution in [0.25, 0.3) is 0 Å². The van der Waals surface area contributed by atoms with Crippen molar-refractivity contribution in [2.45, 2.75) is 45.1 Å². The van der Waals surface area contributed by atoms with Gasteiger partial charge in [-0.05, 0) is 38.0 Å². The second-order valence-electron chi connectivity index (χ2n) is 5.70. The molecule has 1 saturated carbocycles. The summed E-state index contributed by atoms with van der Waals surface area (Å²) in [6.45, 7) is 4.14. The Morgan fingerprint density at radius 1 is 1.41 bits per heavy atom. The topological polar surface area (TPSA) is 64.4 Å². The van der Waals surface area contributed by atoms with Crippen molar-refractivity contribution in [3.63, 3.8) is 0 Å². The van der Waals surface area contributed by atoms with Gasteiger partial charge in [-0.25, -0.2) is 0 Å². The van der Waals surface area contributed by atoms with Gasteiger partial charge in [0.1, 0.15) is 0 Å². The second-order valence-corrected chi connectivity index (χ2v) is 5.70. The van der Waals surface area contributed by atoms with Gasteiger partial charge >= 0.3 is 0 Å². The maximum atomic E-state index is 12.4. The van der Waals surface area contributed by atoms with Gasteiger partial charge in [-0.2, -0.15) is 0 Å². The van der Waals surface area contributed by atoms with Gasteiger partial charge in [-0.15, -0.1) is 0 Å². The minimum atomic E-state index is -0.310. The molecule has 3 N–H and O–H groups in total. The number of nitrogens with two attached hydrogens (primary N) is 1. The molecule has 1 heterocycles. The molecule has 0 spiro atoms. The zero-order valence-corrected chi connectivity index (χ0v) is 10.7. The van der Waals surface area contributed by atoms with Crippen molar-refractivity contribution in [2.75, 3.05) is 19.8 Å². The molecule has 1 atom stereocenters. The summed E-state index contributed by atoms with van der Waals surface area (Å²) < 4.78 is 5.28. The van der Waals surface area contributed by atoms with Gasteiger partial charge in [0.2, 0.25) is 5.91 Å². The highest BCUT2D eigenvalue weighted by molar-refractivity contribution is 5.83. The number of carbonyl (C=O) groups is 1. The van der Waals surface area contributed by atoms with E-state index in [2.05, 4.69) is 12.2 Å². The number of rotatable bonds is 3. The third-order valence-electron chi connectivity index (χ3n) is 4.37. The summed E-state index contributed by atoms with van der Waals surface area (Å²) >= 11 is 0. The Balaban J connectivity index is 1.94. The molecular formula is C13H24N2O2. The molecule has 0 radical (unpaired) electrons. The van der Waals surface area contributed by atoms with Crippen molar-refractivity contribution in [1.29, 1.82) is 0 Å². The van der Waals surface area contributed by atoms with E-state index < -0.39 is 0 Å². The molecule has 4 heteroatoms. The monoisotopic (exact) mass is 240 g/mol. The molecule has 98 valence electrons. The van der Waals surface area contributed by atoms with Crippen LogP contribution in [0.1, 0.15) is 39.0 Å². The van der Waals surface area contributed by atoms with Crippen molar-refractivity contribution in [3.8, 4) is 0 Å². The summed E-state index contributed by atoms with van der Waals surface area (Å²) in [6.07, 6.45) is 5.04. The lowest BCUT2D eigenvalue weighted by Crippen LogP contribution is -2.50. The zero-order valence-electron chi connectivity index (χ0n) is 10.7. The van der Waals surface area contributed by atoms with E-state index >= 15 is 0 Å². The summed E-state index contributed by atoms with van der Waals surface area (Å²) in [6, 6.07) is 0.199. The molecule has 0 aromatic rings. The minimum Gasteiger partial charge on any atom is -0.379 e. The van der Waals surface area contributed by atoms with Crippen LogP contribution >= 0.6 is 0 Å². The third-order valence-corrected chi connectivity index (χ3v) is 4.37. The molecule has 0 aromatic heterocycles. The highest BCUT2D eigenvalue weighted by Crippen LogP contribution is 2.38. The van der Waals surface area contributed by atoms with Crippen molar-refractivity contribution >= 4 is 5.91 Å². The van der Waals surface area contributed by atoms with Crippen molar-refractivity contribution in [2.24, 2.45) is 17.1 Å². The van der Waals surface area contributed by atoms with Gasteiger partial charge in [-0.1, -0.05) is 6.92 Å².